The summed E-state index contributed by atoms with van der Waals surface area (Å²) in [4.78, 5) is 21.4. The fourth-order valence-corrected chi connectivity index (χ4v) is 1.53. The summed E-state index contributed by atoms with van der Waals surface area (Å²) >= 11 is 0. The number of ketones is 1. The first-order valence-electron chi connectivity index (χ1n) is 3.79. The normalized spacial score (nSPS) is 13.5. The topological polar surface area (TPSA) is 72.2 Å². The lowest BCUT2D eigenvalue weighted by Crippen LogP contribution is -2.31. The second-order valence-corrected chi connectivity index (χ2v) is 3.35. The number of Topliss-reactive ketones (excluding diaryl/α,β-unsaturated/α-hetero) is 1. The number of hydrogen-bond donors (Lipinski definition) is 2. The molecule has 0 heterocycles. The van der Waals surface area contributed by atoms with Gasteiger partial charge >= 0.3 is 0 Å². The van der Waals surface area contributed by atoms with Crippen LogP contribution in [0.1, 0.15) is 19.8 Å². The van der Waals surface area contributed by atoms with Gasteiger partial charge in [0.25, 0.3) is 0 Å². The second kappa shape index (κ2) is 6.09. The Balaban J connectivity index is 3.79. The van der Waals surface area contributed by atoms with Gasteiger partial charge in [0.05, 0.1) is 6.04 Å². The van der Waals surface area contributed by atoms with Gasteiger partial charge in [0.2, 0.25) is 5.91 Å². The molecule has 1 unspecified atom stereocenters. The molecule has 0 aliphatic carbocycles. The van der Waals surface area contributed by atoms with Gasteiger partial charge in [-0.1, -0.05) is 8.73 Å². The van der Waals surface area contributed by atoms with E-state index >= 15 is 0 Å². The first kappa shape index (κ1) is 11.5. The maximum absolute atomic E-state index is 10.9. The number of carbonyl (C=O) groups excluding carboxylic acids is 2. The van der Waals surface area contributed by atoms with Gasteiger partial charge in [0.1, 0.15) is 5.78 Å². The van der Waals surface area contributed by atoms with Crippen molar-refractivity contribution < 1.29 is 9.59 Å². The minimum absolute atomic E-state index is 0.0607. The molecule has 3 N–H and O–H groups in total. The van der Waals surface area contributed by atoms with E-state index in [1.165, 1.54) is 6.92 Å². The Morgan fingerprint density at radius 2 is 2.17 bits per heavy atom. The third kappa shape index (κ3) is 5.22. The van der Waals surface area contributed by atoms with Crippen molar-refractivity contribution in [3.8, 4) is 0 Å². The van der Waals surface area contributed by atoms with E-state index < -0.39 is 0 Å². The number of nitrogens with two attached hydrogens (primary N) is 1. The van der Waals surface area contributed by atoms with Crippen LogP contribution in [0.25, 0.3) is 0 Å². The lowest BCUT2D eigenvalue weighted by atomic mass is 10.1. The standard InChI is InChI=1S/C7H15N2O2P/c1-5(10)6(9-12-2)3-4-7(8)11/h6,9,12H,3-4H2,1-2H3,(H2,8,11)/t6-/m0/s1. The molecule has 0 aliphatic heterocycles. The Labute approximate surface area is 74.1 Å². The van der Waals surface area contributed by atoms with Crippen LogP contribution in [0.15, 0.2) is 0 Å². The molecule has 2 atom stereocenters. The zero-order chi connectivity index (χ0) is 9.56. The Morgan fingerprint density at radius 3 is 2.50 bits per heavy atom. The van der Waals surface area contributed by atoms with Crippen LogP contribution in [0.4, 0.5) is 0 Å². The summed E-state index contributed by atoms with van der Waals surface area (Å²) in [7, 11) is 0.511. The molecule has 4 nitrogen and oxygen atoms in total. The summed E-state index contributed by atoms with van der Waals surface area (Å²) in [6, 6.07) is -0.208. The van der Waals surface area contributed by atoms with E-state index in [0.29, 0.717) is 15.2 Å². The first-order chi connectivity index (χ1) is 5.57. The van der Waals surface area contributed by atoms with E-state index in [-0.39, 0.29) is 24.2 Å². The monoisotopic (exact) mass is 190 g/mol. The SMILES string of the molecule is CPN[C@@H](CCC(N)=O)C(C)=O. The Morgan fingerprint density at radius 1 is 1.58 bits per heavy atom. The van der Waals surface area contributed by atoms with E-state index in [1.54, 1.807) is 0 Å². The van der Waals surface area contributed by atoms with Crippen molar-refractivity contribution in [2.75, 3.05) is 6.66 Å². The van der Waals surface area contributed by atoms with Crippen LogP contribution >= 0.6 is 8.73 Å². The summed E-state index contributed by atoms with van der Waals surface area (Å²) in [6.45, 7) is 3.46. The molecule has 0 radical (unpaired) electrons. The van der Waals surface area contributed by atoms with E-state index in [2.05, 4.69) is 5.09 Å². The number of nitrogens with one attached hydrogen (secondary N) is 1. The van der Waals surface area contributed by atoms with Gasteiger partial charge in [-0.25, -0.2) is 0 Å². The average molecular weight is 190 g/mol. The minimum Gasteiger partial charge on any atom is -0.370 e. The van der Waals surface area contributed by atoms with Gasteiger partial charge in [-0.2, -0.15) is 0 Å². The minimum atomic E-state index is -0.359. The summed E-state index contributed by atoms with van der Waals surface area (Å²) in [6.07, 6.45) is 0.771. The first-order valence-corrected chi connectivity index (χ1v) is 5.29. The van der Waals surface area contributed by atoms with E-state index in [9.17, 15) is 9.59 Å². The number of rotatable bonds is 6. The van der Waals surface area contributed by atoms with Crippen LogP contribution in [0, 0.1) is 0 Å². The summed E-state index contributed by atoms with van der Waals surface area (Å²) < 4.78 is 0. The quantitative estimate of drug-likeness (QED) is 0.580. The molecular formula is C7H15N2O2P. The lowest BCUT2D eigenvalue weighted by molar-refractivity contribution is -0.119. The number of primary amides is 1. The highest BCUT2D eigenvalue weighted by Gasteiger charge is 2.12. The maximum Gasteiger partial charge on any atom is 0.217 e. The molecule has 0 aliphatic rings. The van der Waals surface area contributed by atoms with Crippen LogP contribution in [-0.2, 0) is 9.59 Å². The molecule has 0 bridgehead atoms. The predicted molar refractivity (Wildman–Crippen MR) is 50.3 cm³/mol. The molecule has 0 spiro atoms. The third-order valence-electron chi connectivity index (χ3n) is 1.49. The largest absolute Gasteiger partial charge is 0.370 e. The highest BCUT2D eigenvalue weighted by molar-refractivity contribution is 7.34. The average Bonchev–Trinajstić information content (AvgIpc) is 1.96. The maximum atomic E-state index is 10.9. The summed E-state index contributed by atoms with van der Waals surface area (Å²) in [5, 5.41) is 3.01. The molecule has 0 aromatic heterocycles. The van der Waals surface area contributed by atoms with Gasteiger partial charge in [0, 0.05) is 6.42 Å². The number of amides is 1. The van der Waals surface area contributed by atoms with Gasteiger partial charge in [-0.05, 0) is 20.0 Å². The summed E-state index contributed by atoms with van der Waals surface area (Å²) in [5.74, 6) is -0.298. The molecule has 0 aromatic carbocycles. The van der Waals surface area contributed by atoms with Crippen molar-refractivity contribution in [1.82, 2.24) is 5.09 Å². The Kier molecular flexibility index (Phi) is 5.85. The van der Waals surface area contributed by atoms with Crippen LogP contribution in [0.3, 0.4) is 0 Å². The van der Waals surface area contributed by atoms with E-state index in [0.717, 1.165) is 0 Å². The number of hydrogen-bond acceptors (Lipinski definition) is 3. The Bertz CT molecular complexity index is 173. The molecule has 0 saturated heterocycles. The van der Waals surface area contributed by atoms with Crippen LogP contribution < -0.4 is 10.8 Å². The smallest absolute Gasteiger partial charge is 0.217 e. The van der Waals surface area contributed by atoms with Crippen molar-refractivity contribution in [1.29, 1.82) is 0 Å². The van der Waals surface area contributed by atoms with Crippen molar-refractivity contribution in [3.05, 3.63) is 0 Å². The third-order valence-corrected chi connectivity index (χ3v) is 2.13. The van der Waals surface area contributed by atoms with Crippen molar-refractivity contribution in [2.24, 2.45) is 5.73 Å². The lowest BCUT2D eigenvalue weighted by Gasteiger charge is -2.12. The summed E-state index contributed by atoms with van der Waals surface area (Å²) in [5.41, 5.74) is 4.96. The fraction of sp³-hybridized carbons (Fsp3) is 0.714. The van der Waals surface area contributed by atoms with Crippen LogP contribution in [0.2, 0.25) is 0 Å². The molecule has 0 rings (SSSR count). The molecule has 0 saturated carbocycles. The van der Waals surface area contributed by atoms with Gasteiger partial charge < -0.3 is 5.73 Å². The molecule has 12 heavy (non-hydrogen) atoms. The van der Waals surface area contributed by atoms with Crippen LogP contribution in [-0.4, -0.2) is 24.4 Å². The second-order valence-electron chi connectivity index (χ2n) is 2.56. The zero-order valence-corrected chi connectivity index (χ0v) is 8.39. The van der Waals surface area contributed by atoms with Gasteiger partial charge in [0.15, 0.2) is 0 Å². The molecule has 70 valence electrons. The highest BCUT2D eigenvalue weighted by Crippen LogP contribution is 2.04. The molecule has 1 amide bonds. The van der Waals surface area contributed by atoms with Gasteiger partial charge in [-0.15, -0.1) is 0 Å². The predicted octanol–water partition coefficient (Wildman–Crippen LogP) is 0.0224. The van der Waals surface area contributed by atoms with E-state index in [4.69, 9.17) is 5.73 Å². The number of carbonyl (C=O) groups is 2. The molecule has 0 fully saturated rings. The van der Waals surface area contributed by atoms with Crippen LogP contribution in [0.5, 0.6) is 0 Å². The van der Waals surface area contributed by atoms with E-state index in [1.807, 2.05) is 6.66 Å². The zero-order valence-electron chi connectivity index (χ0n) is 7.39. The molecule has 0 aromatic rings. The Hall–Kier alpha value is -0.470. The fourth-order valence-electron chi connectivity index (χ4n) is 0.838. The van der Waals surface area contributed by atoms with Crippen molar-refractivity contribution >= 4 is 20.4 Å². The van der Waals surface area contributed by atoms with Crippen molar-refractivity contribution in [2.45, 2.75) is 25.8 Å². The highest BCUT2D eigenvalue weighted by atomic mass is 31.1. The molecule has 5 heteroatoms. The van der Waals surface area contributed by atoms with Gasteiger partial charge in [-0.3, -0.25) is 14.7 Å². The van der Waals surface area contributed by atoms with Crippen molar-refractivity contribution in [3.63, 3.8) is 0 Å². The molecular weight excluding hydrogens is 175 g/mol.